The van der Waals surface area contributed by atoms with E-state index >= 15 is 0 Å². The summed E-state index contributed by atoms with van der Waals surface area (Å²) in [4.78, 5) is 1.58. The fraction of sp³-hybridized carbons (Fsp3) is 0.385. The second kappa shape index (κ2) is 5.64. The van der Waals surface area contributed by atoms with E-state index in [0.29, 0.717) is 11.7 Å². The summed E-state index contributed by atoms with van der Waals surface area (Å²) in [6.45, 7) is 4.53. The van der Waals surface area contributed by atoms with Crippen LogP contribution in [0.1, 0.15) is 25.3 Å². The molecule has 18 heavy (non-hydrogen) atoms. The number of hydrogen-bond acceptors (Lipinski definition) is 4. The van der Waals surface area contributed by atoms with Crippen LogP contribution in [0.5, 0.6) is 5.75 Å². The molecule has 0 atom stereocenters. The average Bonchev–Trinajstić information content (AvgIpc) is 2.89. The third kappa shape index (κ3) is 2.68. The van der Waals surface area contributed by atoms with Gasteiger partial charge in [-0.3, -0.25) is 0 Å². The zero-order valence-corrected chi connectivity index (χ0v) is 10.6. The summed E-state index contributed by atoms with van der Waals surface area (Å²) < 4.78 is 5.41. The molecule has 0 saturated heterocycles. The highest BCUT2D eigenvalue weighted by Gasteiger charge is 2.11. The van der Waals surface area contributed by atoms with Gasteiger partial charge in [0, 0.05) is 6.07 Å². The average molecular weight is 247 g/mol. The van der Waals surface area contributed by atoms with Crippen molar-refractivity contribution in [1.82, 2.24) is 15.0 Å². The molecule has 0 amide bonds. The van der Waals surface area contributed by atoms with Crippen LogP contribution in [-0.4, -0.2) is 33.3 Å². The Morgan fingerprint density at radius 1 is 1.28 bits per heavy atom. The molecule has 1 aromatic carbocycles. The van der Waals surface area contributed by atoms with Crippen molar-refractivity contribution in [3.8, 4) is 11.4 Å². The molecule has 0 aliphatic rings. The molecule has 2 rings (SSSR count). The van der Waals surface area contributed by atoms with Gasteiger partial charge in [0.15, 0.2) is 0 Å². The Morgan fingerprint density at radius 3 is 2.61 bits per heavy atom. The molecule has 5 heteroatoms. The molecule has 2 aromatic rings. The first kappa shape index (κ1) is 12.6. The zero-order chi connectivity index (χ0) is 13.0. The lowest BCUT2D eigenvalue weighted by molar-refractivity contribution is 0.201. The van der Waals surface area contributed by atoms with Crippen molar-refractivity contribution < 1.29 is 9.84 Å². The van der Waals surface area contributed by atoms with E-state index in [1.807, 2.05) is 18.2 Å². The van der Waals surface area contributed by atoms with Crippen molar-refractivity contribution in [2.75, 3.05) is 13.2 Å². The van der Waals surface area contributed by atoms with Gasteiger partial charge in [0.05, 0.1) is 24.7 Å². The zero-order valence-electron chi connectivity index (χ0n) is 10.6. The third-order valence-electron chi connectivity index (χ3n) is 2.62. The van der Waals surface area contributed by atoms with E-state index < -0.39 is 0 Å². The van der Waals surface area contributed by atoms with E-state index in [-0.39, 0.29) is 13.2 Å². The fourth-order valence-electron chi connectivity index (χ4n) is 1.78. The number of ether oxygens (including phenoxy) is 1. The second-order valence-electron chi connectivity index (χ2n) is 4.27. The van der Waals surface area contributed by atoms with E-state index in [4.69, 9.17) is 9.84 Å². The van der Waals surface area contributed by atoms with Crippen molar-refractivity contribution in [3.63, 3.8) is 0 Å². The monoisotopic (exact) mass is 247 g/mol. The minimum absolute atomic E-state index is 0.00127. The predicted octanol–water partition coefficient (Wildman–Crippen LogP) is 1.76. The summed E-state index contributed by atoms with van der Waals surface area (Å²) in [7, 11) is 0. The van der Waals surface area contributed by atoms with Crippen LogP contribution in [0, 0.1) is 0 Å². The highest BCUT2D eigenvalue weighted by molar-refractivity contribution is 5.46. The van der Waals surface area contributed by atoms with Crippen LogP contribution in [0.2, 0.25) is 0 Å². The summed E-state index contributed by atoms with van der Waals surface area (Å²) in [5.41, 5.74) is 2.06. The molecule has 0 aliphatic heterocycles. The quantitative estimate of drug-likeness (QED) is 0.874. The van der Waals surface area contributed by atoms with Crippen molar-refractivity contribution >= 4 is 0 Å². The number of aliphatic hydroxyl groups is 1. The molecule has 0 saturated carbocycles. The first-order chi connectivity index (χ1) is 8.72. The number of rotatable bonds is 5. The lowest BCUT2D eigenvalue weighted by Crippen LogP contribution is -2.07. The van der Waals surface area contributed by atoms with Crippen molar-refractivity contribution in [2.45, 2.75) is 19.8 Å². The van der Waals surface area contributed by atoms with Crippen molar-refractivity contribution in [1.29, 1.82) is 0 Å². The van der Waals surface area contributed by atoms with Crippen molar-refractivity contribution in [2.24, 2.45) is 0 Å². The highest BCUT2D eigenvalue weighted by Crippen LogP contribution is 2.26. The number of aliphatic hydroxyl groups excluding tert-OH is 1. The summed E-state index contributed by atoms with van der Waals surface area (Å²) in [5, 5.41) is 17.1. The van der Waals surface area contributed by atoms with E-state index in [2.05, 4.69) is 24.0 Å². The number of nitrogens with zero attached hydrogens (tertiary/aromatic N) is 3. The number of aromatic nitrogens is 3. The maximum absolute atomic E-state index is 8.77. The molecular weight excluding hydrogens is 230 g/mol. The molecule has 0 radical (unpaired) electrons. The molecule has 0 bridgehead atoms. The minimum atomic E-state index is 0.00127. The maximum atomic E-state index is 8.77. The van der Waals surface area contributed by atoms with Gasteiger partial charge in [0.1, 0.15) is 12.4 Å². The largest absolute Gasteiger partial charge is 0.491 e. The van der Waals surface area contributed by atoms with Crippen LogP contribution in [0.15, 0.2) is 30.6 Å². The molecule has 1 aromatic heterocycles. The van der Waals surface area contributed by atoms with E-state index in [1.54, 1.807) is 17.2 Å². The molecular formula is C13H17N3O2. The Bertz CT molecular complexity index is 495. The molecule has 0 fully saturated rings. The predicted molar refractivity (Wildman–Crippen MR) is 68.0 cm³/mol. The molecule has 1 N–H and O–H groups in total. The highest BCUT2D eigenvalue weighted by atomic mass is 16.5. The fourth-order valence-corrected chi connectivity index (χ4v) is 1.78. The van der Waals surface area contributed by atoms with Gasteiger partial charge in [0.2, 0.25) is 0 Å². The van der Waals surface area contributed by atoms with Gasteiger partial charge in [-0.25, -0.2) is 0 Å². The lowest BCUT2D eigenvalue weighted by Gasteiger charge is -2.13. The van der Waals surface area contributed by atoms with E-state index in [9.17, 15) is 0 Å². The van der Waals surface area contributed by atoms with Gasteiger partial charge in [-0.15, -0.1) is 0 Å². The van der Waals surface area contributed by atoms with Gasteiger partial charge >= 0.3 is 0 Å². The summed E-state index contributed by atoms with van der Waals surface area (Å²) >= 11 is 0. The van der Waals surface area contributed by atoms with Crippen LogP contribution in [0.25, 0.3) is 5.69 Å². The number of hydrogen-bond donors (Lipinski definition) is 1. The summed E-state index contributed by atoms with van der Waals surface area (Å²) in [6, 6.07) is 5.80. The van der Waals surface area contributed by atoms with Crippen molar-refractivity contribution in [3.05, 3.63) is 36.2 Å². The Kier molecular flexibility index (Phi) is 3.94. The van der Waals surface area contributed by atoms with Crippen LogP contribution in [0.3, 0.4) is 0 Å². The first-order valence-corrected chi connectivity index (χ1v) is 5.96. The van der Waals surface area contributed by atoms with Crippen LogP contribution in [-0.2, 0) is 0 Å². The molecule has 1 heterocycles. The Hall–Kier alpha value is -1.88. The first-order valence-electron chi connectivity index (χ1n) is 5.96. The van der Waals surface area contributed by atoms with E-state index in [0.717, 1.165) is 11.3 Å². The van der Waals surface area contributed by atoms with E-state index in [1.165, 1.54) is 0 Å². The van der Waals surface area contributed by atoms with Gasteiger partial charge < -0.3 is 9.84 Å². The Labute approximate surface area is 106 Å². The molecule has 5 nitrogen and oxygen atoms in total. The topological polar surface area (TPSA) is 60.2 Å². The summed E-state index contributed by atoms with van der Waals surface area (Å²) in [5.74, 6) is 1.08. The molecule has 0 unspecified atom stereocenters. The van der Waals surface area contributed by atoms with Gasteiger partial charge in [-0.05, 0) is 17.5 Å². The van der Waals surface area contributed by atoms with Crippen LogP contribution < -0.4 is 4.74 Å². The maximum Gasteiger partial charge on any atom is 0.121 e. The van der Waals surface area contributed by atoms with Gasteiger partial charge in [-0.2, -0.15) is 15.0 Å². The SMILES string of the molecule is CC(C)c1ccc(OCCO)cc1-n1nccn1. The molecule has 96 valence electrons. The van der Waals surface area contributed by atoms with Gasteiger partial charge in [0.25, 0.3) is 0 Å². The second-order valence-corrected chi connectivity index (χ2v) is 4.27. The Morgan fingerprint density at radius 2 is 2.00 bits per heavy atom. The third-order valence-corrected chi connectivity index (χ3v) is 2.62. The van der Waals surface area contributed by atoms with Gasteiger partial charge in [-0.1, -0.05) is 19.9 Å². The standard InChI is InChI=1S/C13H17N3O2/c1-10(2)12-4-3-11(18-8-7-17)9-13(12)16-14-5-6-15-16/h3-6,9-10,17H,7-8H2,1-2H3. The summed E-state index contributed by atoms with van der Waals surface area (Å²) in [6.07, 6.45) is 3.29. The minimum Gasteiger partial charge on any atom is -0.491 e. The molecule has 0 spiro atoms. The Balaban J connectivity index is 2.38. The number of benzene rings is 1. The van der Waals surface area contributed by atoms with Crippen LogP contribution >= 0.6 is 0 Å². The smallest absolute Gasteiger partial charge is 0.121 e. The molecule has 0 aliphatic carbocycles. The van der Waals surface area contributed by atoms with Crippen LogP contribution in [0.4, 0.5) is 0 Å². The normalized spacial score (nSPS) is 10.9. The lowest BCUT2D eigenvalue weighted by atomic mass is 10.0.